The molecule has 0 aromatic heterocycles. The molecule has 17 heavy (non-hydrogen) atoms. The van der Waals surface area contributed by atoms with Gasteiger partial charge in [-0.3, -0.25) is 0 Å². The second-order valence-electron chi connectivity index (χ2n) is 6.35. The largest absolute Gasteiger partial charge is 0.316 e. The molecule has 0 amide bonds. The van der Waals surface area contributed by atoms with Gasteiger partial charge in [-0.25, -0.2) is 0 Å². The van der Waals surface area contributed by atoms with Crippen LogP contribution in [0.4, 0.5) is 0 Å². The van der Waals surface area contributed by atoms with E-state index in [1.165, 1.54) is 12.6 Å². The van der Waals surface area contributed by atoms with Gasteiger partial charge in [0, 0.05) is 6.04 Å². The van der Waals surface area contributed by atoms with Crippen molar-refractivity contribution in [2.45, 2.75) is 54.0 Å². The Bertz CT molecular complexity index is 193. The van der Waals surface area contributed by atoms with E-state index in [2.05, 4.69) is 63.1 Å². The van der Waals surface area contributed by atoms with Crippen LogP contribution >= 0.6 is 9.24 Å². The van der Waals surface area contributed by atoms with E-state index in [1.807, 2.05) is 0 Å². The highest BCUT2D eigenvalue weighted by Crippen LogP contribution is 2.30. The van der Waals surface area contributed by atoms with E-state index in [-0.39, 0.29) is 0 Å². The van der Waals surface area contributed by atoms with Crippen LogP contribution in [0.1, 0.15) is 48.0 Å². The van der Waals surface area contributed by atoms with Crippen molar-refractivity contribution in [3.8, 4) is 0 Å². The maximum absolute atomic E-state index is 3.53. The molecule has 0 aliphatic heterocycles. The number of nitrogens with one attached hydrogen (secondary N) is 1. The van der Waals surface area contributed by atoms with Crippen LogP contribution in [0.2, 0.25) is 0 Å². The van der Waals surface area contributed by atoms with E-state index >= 15 is 0 Å². The fourth-order valence-corrected chi connectivity index (χ4v) is 3.31. The predicted octanol–water partition coefficient (Wildman–Crippen LogP) is 4.04. The van der Waals surface area contributed by atoms with Gasteiger partial charge in [0.25, 0.3) is 0 Å². The van der Waals surface area contributed by atoms with Crippen molar-refractivity contribution < 1.29 is 0 Å². The van der Waals surface area contributed by atoms with Crippen LogP contribution in [0, 0.1) is 29.6 Å². The molecule has 0 rings (SSSR count). The van der Waals surface area contributed by atoms with Gasteiger partial charge in [0.1, 0.15) is 0 Å². The molecule has 0 aliphatic carbocycles. The second kappa shape index (κ2) is 8.48. The molecule has 2 heteroatoms. The fourth-order valence-electron chi connectivity index (χ4n) is 3.02. The van der Waals surface area contributed by atoms with Crippen LogP contribution in [-0.4, -0.2) is 19.3 Å². The van der Waals surface area contributed by atoms with Crippen molar-refractivity contribution in [3.05, 3.63) is 0 Å². The molecule has 0 radical (unpaired) electrons. The monoisotopic (exact) mass is 259 g/mol. The zero-order valence-corrected chi connectivity index (χ0v) is 14.1. The van der Waals surface area contributed by atoms with Crippen molar-refractivity contribution in [2.24, 2.45) is 29.6 Å². The van der Waals surface area contributed by atoms with Crippen LogP contribution in [0.3, 0.4) is 0 Å². The van der Waals surface area contributed by atoms with Crippen molar-refractivity contribution >= 4 is 9.24 Å². The highest BCUT2D eigenvalue weighted by atomic mass is 31.0. The van der Waals surface area contributed by atoms with E-state index in [0.29, 0.717) is 6.04 Å². The first kappa shape index (κ1) is 17.4. The minimum Gasteiger partial charge on any atom is -0.316 e. The Labute approximate surface area is 112 Å². The Hall–Kier alpha value is 0.390. The lowest BCUT2D eigenvalue weighted by molar-refractivity contribution is 0.179. The summed E-state index contributed by atoms with van der Waals surface area (Å²) in [5.41, 5.74) is 0. The third-order valence-corrected chi connectivity index (χ3v) is 5.20. The lowest BCUT2D eigenvalue weighted by atomic mass is 9.75. The Balaban J connectivity index is 4.48. The second-order valence-corrected chi connectivity index (χ2v) is 6.82. The van der Waals surface area contributed by atoms with Crippen molar-refractivity contribution in [1.29, 1.82) is 0 Å². The average molecular weight is 259 g/mol. The van der Waals surface area contributed by atoms with Gasteiger partial charge in [0.15, 0.2) is 0 Å². The molecule has 0 saturated carbocycles. The van der Waals surface area contributed by atoms with Crippen molar-refractivity contribution in [1.82, 2.24) is 5.32 Å². The minimum atomic E-state index is 0.636. The van der Waals surface area contributed by atoms with E-state index in [1.54, 1.807) is 0 Å². The average Bonchev–Trinajstić information content (AvgIpc) is 2.27. The quantitative estimate of drug-likeness (QED) is 0.649. The molecule has 1 N–H and O–H groups in total. The first-order valence-corrected chi connectivity index (χ1v) is 8.04. The lowest BCUT2D eigenvalue weighted by Crippen LogP contribution is -2.42. The molecule has 0 heterocycles. The van der Waals surface area contributed by atoms with Gasteiger partial charge in [-0.1, -0.05) is 41.5 Å². The van der Waals surface area contributed by atoms with Crippen LogP contribution in [0.5, 0.6) is 0 Å². The van der Waals surface area contributed by atoms with Crippen molar-refractivity contribution in [3.63, 3.8) is 0 Å². The third kappa shape index (κ3) is 5.71. The molecule has 0 aliphatic rings. The normalized spacial score (nSPS) is 21.0. The molecular weight excluding hydrogens is 225 g/mol. The molecule has 0 saturated heterocycles. The molecule has 0 bridgehead atoms. The lowest BCUT2D eigenvalue weighted by Gasteiger charge is -2.36. The molecule has 6 unspecified atom stereocenters. The highest BCUT2D eigenvalue weighted by Gasteiger charge is 2.28. The van der Waals surface area contributed by atoms with Crippen LogP contribution in [0.25, 0.3) is 0 Å². The van der Waals surface area contributed by atoms with Gasteiger partial charge in [0.05, 0.1) is 0 Å². The third-order valence-electron chi connectivity index (χ3n) is 4.45. The minimum absolute atomic E-state index is 0.636. The van der Waals surface area contributed by atoms with Gasteiger partial charge in [-0.05, 0) is 49.2 Å². The van der Waals surface area contributed by atoms with Gasteiger partial charge < -0.3 is 5.32 Å². The molecule has 104 valence electrons. The van der Waals surface area contributed by atoms with Gasteiger partial charge in [-0.2, -0.15) is 0 Å². The van der Waals surface area contributed by atoms with Gasteiger partial charge in [-0.15, -0.1) is 9.24 Å². The van der Waals surface area contributed by atoms with E-state index in [9.17, 15) is 0 Å². The maximum atomic E-state index is 3.53. The summed E-state index contributed by atoms with van der Waals surface area (Å²) in [6.07, 6.45) is 2.53. The molecule has 6 atom stereocenters. The number of hydrogen-bond donors (Lipinski definition) is 1. The SMILES string of the molecule is CNC(C(C)CP)C(C)C(C)C(C)CC(C)C. The Kier molecular flexibility index (Phi) is 8.68. The Morgan fingerprint density at radius 2 is 1.41 bits per heavy atom. The molecule has 0 spiro atoms. The van der Waals surface area contributed by atoms with Crippen LogP contribution in [-0.2, 0) is 0 Å². The molecule has 1 nitrogen and oxygen atoms in total. The summed E-state index contributed by atoms with van der Waals surface area (Å²) < 4.78 is 0. The summed E-state index contributed by atoms with van der Waals surface area (Å²) in [6.45, 7) is 14.3. The summed E-state index contributed by atoms with van der Waals surface area (Å²) >= 11 is 0. The van der Waals surface area contributed by atoms with Gasteiger partial charge >= 0.3 is 0 Å². The van der Waals surface area contributed by atoms with Gasteiger partial charge in [0.2, 0.25) is 0 Å². The van der Waals surface area contributed by atoms with E-state index in [4.69, 9.17) is 0 Å². The van der Waals surface area contributed by atoms with Crippen LogP contribution in [0.15, 0.2) is 0 Å². The van der Waals surface area contributed by atoms with E-state index < -0.39 is 0 Å². The van der Waals surface area contributed by atoms with Crippen LogP contribution < -0.4 is 5.32 Å². The number of rotatable bonds is 8. The molecular formula is C15H34NP. The van der Waals surface area contributed by atoms with Crippen molar-refractivity contribution in [2.75, 3.05) is 13.2 Å². The Morgan fingerprint density at radius 3 is 1.76 bits per heavy atom. The van der Waals surface area contributed by atoms with E-state index in [0.717, 1.165) is 29.6 Å². The number of hydrogen-bond acceptors (Lipinski definition) is 1. The summed E-state index contributed by atoms with van der Waals surface area (Å²) in [4.78, 5) is 0. The summed E-state index contributed by atoms with van der Waals surface area (Å²) in [5.74, 6) is 3.89. The molecule has 0 aromatic rings. The zero-order valence-electron chi connectivity index (χ0n) is 13.0. The summed E-state index contributed by atoms with van der Waals surface area (Å²) in [6, 6.07) is 0.636. The first-order chi connectivity index (χ1) is 7.84. The summed E-state index contributed by atoms with van der Waals surface area (Å²) in [5, 5.41) is 3.53. The molecule has 0 aromatic carbocycles. The standard InChI is InChI=1S/C15H34NP/c1-10(2)8-11(3)13(5)14(6)15(16-7)12(4)9-17/h10-16H,8-9,17H2,1-7H3. The fraction of sp³-hybridized carbons (Fsp3) is 1.00. The maximum Gasteiger partial charge on any atom is 0.0121 e. The predicted molar refractivity (Wildman–Crippen MR) is 83.5 cm³/mol. The summed E-state index contributed by atoms with van der Waals surface area (Å²) in [7, 11) is 4.99. The first-order valence-electron chi connectivity index (χ1n) is 7.22. The zero-order chi connectivity index (χ0) is 13.6. The molecule has 0 fully saturated rings. The smallest absolute Gasteiger partial charge is 0.0121 e. The Morgan fingerprint density at radius 1 is 0.882 bits per heavy atom. The topological polar surface area (TPSA) is 12.0 Å². The highest BCUT2D eigenvalue weighted by molar-refractivity contribution is 7.16.